The van der Waals surface area contributed by atoms with Gasteiger partial charge in [0.2, 0.25) is 0 Å². The molecule has 0 aliphatic carbocycles. The van der Waals surface area contributed by atoms with Gasteiger partial charge in [0.1, 0.15) is 23.1 Å². The van der Waals surface area contributed by atoms with Crippen LogP contribution in [-0.4, -0.2) is 35.1 Å². The second kappa shape index (κ2) is 26.5. The summed E-state index contributed by atoms with van der Waals surface area (Å²) >= 11 is 0. The Morgan fingerprint density at radius 2 is 0.917 bits per heavy atom. The summed E-state index contributed by atoms with van der Waals surface area (Å²) in [4.78, 5) is 65.8. The molecule has 2 amide bonds. The van der Waals surface area contributed by atoms with E-state index in [4.69, 9.17) is 4.74 Å². The Morgan fingerprint density at radius 1 is 0.583 bits per heavy atom. The first kappa shape index (κ1) is 44.4. The molecule has 0 bridgehead atoms. The van der Waals surface area contributed by atoms with Crippen LogP contribution in [-0.2, 0) is 25.6 Å². The minimum Gasteiger partial charge on any atom is -0.427 e. The molecule has 0 heterocycles. The number of benzene rings is 3. The molecule has 0 radical (unpaired) electrons. The molecule has 9 heteroatoms. The molecule has 0 unspecified atom stereocenters. The quantitative estimate of drug-likeness (QED) is 0.108. The highest BCUT2D eigenvalue weighted by Crippen LogP contribution is 2.18. The zero-order chi connectivity index (χ0) is 37.1. The van der Waals surface area contributed by atoms with Crippen molar-refractivity contribution in [3.8, 4) is 5.75 Å². The Morgan fingerprint density at radius 3 is 1.19 bits per heavy atom. The zero-order valence-corrected chi connectivity index (χ0v) is 29.2. The molecular formula is C39H48N2O7. The number of hydrogen-bond acceptors (Lipinski definition) is 7. The summed E-state index contributed by atoms with van der Waals surface area (Å²) in [5, 5.41) is 5.56. The van der Waals surface area contributed by atoms with E-state index in [0.29, 0.717) is 34.7 Å². The van der Waals surface area contributed by atoms with Crippen LogP contribution < -0.4 is 15.4 Å². The monoisotopic (exact) mass is 656 g/mol. The van der Waals surface area contributed by atoms with Gasteiger partial charge < -0.3 is 25.0 Å². The SMILES string of the molecule is C/C=C\C.C=CC=C.CC(=O)Cc1ccc(C(=O)Nc2ccc(NC(=O)c3ccc(OC(C)=O)cc3)cc2)cc1.CC(C)=O.CC(C)=O. The summed E-state index contributed by atoms with van der Waals surface area (Å²) in [6.07, 6.45) is 7.62. The number of carbonyl (C=O) groups is 6. The van der Waals surface area contributed by atoms with Gasteiger partial charge in [-0.25, -0.2) is 0 Å². The van der Waals surface area contributed by atoms with E-state index in [1.807, 2.05) is 26.0 Å². The lowest BCUT2D eigenvalue weighted by Crippen LogP contribution is -2.13. The van der Waals surface area contributed by atoms with E-state index in [9.17, 15) is 28.8 Å². The number of allylic oxidation sites excluding steroid dienone is 4. The lowest BCUT2D eigenvalue weighted by Gasteiger charge is -2.09. The van der Waals surface area contributed by atoms with Gasteiger partial charge in [-0.3, -0.25) is 19.2 Å². The summed E-state index contributed by atoms with van der Waals surface area (Å²) in [7, 11) is 0. The Labute approximate surface area is 284 Å². The molecule has 0 fully saturated rings. The Kier molecular flexibility index (Phi) is 24.5. The van der Waals surface area contributed by atoms with Crippen LogP contribution in [0.1, 0.15) is 81.7 Å². The molecule has 0 saturated carbocycles. The molecule has 256 valence electrons. The van der Waals surface area contributed by atoms with Gasteiger partial charge in [0.25, 0.3) is 11.8 Å². The first-order valence-corrected chi connectivity index (χ1v) is 14.9. The summed E-state index contributed by atoms with van der Waals surface area (Å²) in [5.41, 5.74) is 2.88. The topological polar surface area (TPSA) is 136 Å². The van der Waals surface area contributed by atoms with E-state index in [1.54, 1.807) is 84.9 Å². The molecule has 0 saturated heterocycles. The number of ketones is 3. The van der Waals surface area contributed by atoms with Gasteiger partial charge in [-0.2, -0.15) is 0 Å². The largest absolute Gasteiger partial charge is 0.427 e. The Bertz CT molecular complexity index is 1380. The second-order valence-electron chi connectivity index (χ2n) is 10.1. The third kappa shape index (κ3) is 24.6. The predicted molar refractivity (Wildman–Crippen MR) is 195 cm³/mol. The molecule has 3 aromatic carbocycles. The minimum atomic E-state index is -0.431. The standard InChI is InChI=1S/C25H22N2O5.C4H8.C4H6.2C3H6O/c1-16(28)15-18-3-5-19(6-4-18)24(30)26-21-9-11-22(12-10-21)27-25(31)20-7-13-23(14-8-20)32-17(2)29;2*1-3-4-2;2*1-3(2)4/h3-14H,15H2,1-2H3,(H,26,30)(H,27,31);3-4H,1-2H3;3-4H,1-2H2;2*1-2H3/b;4-3-;;;. The summed E-state index contributed by atoms with van der Waals surface area (Å²) in [6, 6.07) is 19.8. The molecule has 3 aromatic rings. The fourth-order valence-corrected chi connectivity index (χ4v) is 2.95. The average Bonchev–Trinajstić information content (AvgIpc) is 3.02. The van der Waals surface area contributed by atoms with Crippen LogP contribution in [0, 0.1) is 0 Å². The number of ether oxygens (including phenoxy) is 1. The van der Waals surface area contributed by atoms with Crippen molar-refractivity contribution in [1.82, 2.24) is 0 Å². The molecule has 0 spiro atoms. The number of carbonyl (C=O) groups excluding carboxylic acids is 6. The fraction of sp³-hybridized carbons (Fsp3) is 0.231. The van der Waals surface area contributed by atoms with Crippen LogP contribution in [0.2, 0.25) is 0 Å². The number of rotatable bonds is 8. The van der Waals surface area contributed by atoms with E-state index in [1.165, 1.54) is 41.5 Å². The fourth-order valence-electron chi connectivity index (χ4n) is 2.95. The highest BCUT2D eigenvalue weighted by Gasteiger charge is 2.09. The number of Topliss-reactive ketones (excluding diaryl/α,β-unsaturated/α-hetero) is 3. The first-order chi connectivity index (χ1) is 22.6. The van der Waals surface area contributed by atoms with Crippen LogP contribution in [0.15, 0.2) is 110 Å². The summed E-state index contributed by atoms with van der Waals surface area (Å²) < 4.78 is 4.95. The van der Waals surface area contributed by atoms with Crippen molar-refractivity contribution < 1.29 is 33.5 Å². The maximum Gasteiger partial charge on any atom is 0.308 e. The smallest absolute Gasteiger partial charge is 0.308 e. The lowest BCUT2D eigenvalue weighted by molar-refractivity contribution is -0.132. The molecule has 9 nitrogen and oxygen atoms in total. The third-order valence-corrected chi connectivity index (χ3v) is 4.95. The second-order valence-corrected chi connectivity index (χ2v) is 10.1. The molecule has 48 heavy (non-hydrogen) atoms. The van der Waals surface area contributed by atoms with Crippen molar-refractivity contribution in [2.24, 2.45) is 0 Å². The normalized spacial score (nSPS) is 9.08. The number of amides is 2. The van der Waals surface area contributed by atoms with Gasteiger partial charge in [0, 0.05) is 35.8 Å². The van der Waals surface area contributed by atoms with Crippen molar-refractivity contribution in [1.29, 1.82) is 0 Å². The van der Waals surface area contributed by atoms with Crippen LogP contribution >= 0.6 is 0 Å². The Hall–Kier alpha value is -5.70. The number of esters is 1. The van der Waals surface area contributed by atoms with Crippen molar-refractivity contribution in [3.63, 3.8) is 0 Å². The third-order valence-electron chi connectivity index (χ3n) is 4.95. The highest BCUT2D eigenvalue weighted by molar-refractivity contribution is 6.05. The molecule has 0 aliphatic rings. The van der Waals surface area contributed by atoms with Crippen molar-refractivity contribution in [3.05, 3.63) is 127 Å². The molecule has 0 atom stereocenters. The van der Waals surface area contributed by atoms with E-state index in [2.05, 4.69) is 23.8 Å². The van der Waals surface area contributed by atoms with Gasteiger partial charge in [0.05, 0.1) is 0 Å². The summed E-state index contributed by atoms with van der Waals surface area (Å²) in [6.45, 7) is 19.7. The van der Waals surface area contributed by atoms with Gasteiger partial charge >= 0.3 is 5.97 Å². The van der Waals surface area contributed by atoms with E-state index in [0.717, 1.165) is 5.56 Å². The van der Waals surface area contributed by atoms with E-state index in [-0.39, 0.29) is 29.2 Å². The predicted octanol–water partition coefficient (Wildman–Crippen LogP) is 8.38. The number of hydrogen-bond donors (Lipinski definition) is 2. The maximum absolute atomic E-state index is 12.4. The van der Waals surface area contributed by atoms with E-state index < -0.39 is 5.97 Å². The Balaban J connectivity index is 0. The molecule has 3 rings (SSSR count). The lowest BCUT2D eigenvalue weighted by atomic mass is 10.1. The average molecular weight is 657 g/mol. The van der Waals surface area contributed by atoms with Crippen LogP contribution in [0.25, 0.3) is 0 Å². The van der Waals surface area contributed by atoms with Crippen molar-refractivity contribution in [2.75, 3.05) is 10.6 Å². The zero-order valence-electron chi connectivity index (χ0n) is 29.2. The molecular weight excluding hydrogens is 608 g/mol. The minimum absolute atomic E-state index is 0.0633. The maximum atomic E-state index is 12.4. The first-order valence-electron chi connectivity index (χ1n) is 14.9. The van der Waals surface area contributed by atoms with Crippen LogP contribution in [0.5, 0.6) is 5.75 Å². The summed E-state index contributed by atoms with van der Waals surface area (Å²) in [5.74, 6) is -0.263. The van der Waals surface area contributed by atoms with Crippen LogP contribution in [0.3, 0.4) is 0 Å². The molecule has 0 aliphatic heterocycles. The van der Waals surface area contributed by atoms with Gasteiger partial charge in [-0.15, -0.1) is 0 Å². The molecule has 2 N–H and O–H groups in total. The number of nitrogens with one attached hydrogen (secondary N) is 2. The van der Waals surface area contributed by atoms with Crippen LogP contribution in [0.4, 0.5) is 11.4 Å². The van der Waals surface area contributed by atoms with E-state index >= 15 is 0 Å². The highest BCUT2D eigenvalue weighted by atomic mass is 16.5. The molecule has 0 aromatic heterocycles. The van der Waals surface area contributed by atoms with Crippen molar-refractivity contribution >= 4 is 46.5 Å². The number of anilines is 2. The van der Waals surface area contributed by atoms with Gasteiger partial charge in [0.15, 0.2) is 0 Å². The van der Waals surface area contributed by atoms with Gasteiger partial charge in [-0.1, -0.05) is 49.6 Å². The van der Waals surface area contributed by atoms with Crippen molar-refractivity contribution in [2.45, 2.75) is 61.8 Å². The van der Waals surface area contributed by atoms with Gasteiger partial charge in [-0.05, 0) is 115 Å².